The van der Waals surface area contributed by atoms with E-state index in [1.807, 2.05) is 18.2 Å². The molecule has 1 aromatic heterocycles. The number of ether oxygens (including phenoxy) is 2. The number of hydrogen-bond acceptors (Lipinski definition) is 5. The van der Waals surface area contributed by atoms with E-state index in [2.05, 4.69) is 64.6 Å². The molecule has 4 aromatic rings. The van der Waals surface area contributed by atoms with Crippen LogP contribution in [0.5, 0.6) is 5.75 Å². The van der Waals surface area contributed by atoms with Gasteiger partial charge in [-0.05, 0) is 71.4 Å². The van der Waals surface area contributed by atoms with Gasteiger partial charge in [-0.25, -0.2) is 5.48 Å². The number of nitrogens with zero attached hydrogens (tertiary/aromatic N) is 1. The van der Waals surface area contributed by atoms with Crippen molar-refractivity contribution < 1.29 is 19.5 Å². The van der Waals surface area contributed by atoms with Crippen molar-refractivity contribution in [1.29, 1.82) is 0 Å². The molecular weight excluding hydrogens is 490 g/mol. The highest BCUT2D eigenvalue weighted by molar-refractivity contribution is 5.90. The number of aromatic amines is 1. The Kier molecular flexibility index (Phi) is 8.73. The zero-order valence-electron chi connectivity index (χ0n) is 22.2. The van der Waals surface area contributed by atoms with Gasteiger partial charge < -0.3 is 14.5 Å². The molecule has 1 unspecified atom stereocenters. The lowest BCUT2D eigenvalue weighted by atomic mass is 10.0. The molecule has 5 rings (SSSR count). The van der Waals surface area contributed by atoms with Gasteiger partial charge in [0.1, 0.15) is 12.4 Å². The molecule has 39 heavy (non-hydrogen) atoms. The molecule has 0 saturated heterocycles. The molecule has 1 heterocycles. The summed E-state index contributed by atoms with van der Waals surface area (Å²) in [7, 11) is 1.67. The molecule has 1 aliphatic rings. The first kappa shape index (κ1) is 26.7. The van der Waals surface area contributed by atoms with E-state index in [-0.39, 0.29) is 0 Å². The number of hydroxylamine groups is 1. The van der Waals surface area contributed by atoms with E-state index < -0.39 is 5.91 Å². The minimum absolute atomic E-state index is 0.307. The van der Waals surface area contributed by atoms with Crippen molar-refractivity contribution in [3.63, 3.8) is 0 Å². The number of aryl methyl sites for hydroxylation is 1. The number of hydrogen-bond donors (Lipinski definition) is 3. The van der Waals surface area contributed by atoms with E-state index in [0.29, 0.717) is 19.3 Å². The predicted molar refractivity (Wildman–Crippen MR) is 153 cm³/mol. The molecule has 0 saturated carbocycles. The highest BCUT2D eigenvalue weighted by atomic mass is 16.5. The summed E-state index contributed by atoms with van der Waals surface area (Å²) in [5.41, 5.74) is 8.99. The molecule has 7 nitrogen and oxygen atoms in total. The SMILES string of the molecule is COCCOc1ccc(CN(CCc2c[nH]c3ccccc23)C2CCc3cc(/C=C/C(=O)NO)ccc32)cc1. The Morgan fingerprint density at radius 1 is 1.13 bits per heavy atom. The molecule has 1 aliphatic carbocycles. The first-order chi connectivity index (χ1) is 19.1. The third kappa shape index (κ3) is 6.57. The first-order valence-corrected chi connectivity index (χ1v) is 13.4. The van der Waals surface area contributed by atoms with E-state index in [1.54, 1.807) is 18.7 Å². The normalized spacial score (nSPS) is 14.8. The van der Waals surface area contributed by atoms with Crippen molar-refractivity contribution in [2.75, 3.05) is 26.9 Å². The summed E-state index contributed by atoms with van der Waals surface area (Å²) in [4.78, 5) is 17.4. The van der Waals surface area contributed by atoms with E-state index in [1.165, 1.54) is 39.2 Å². The van der Waals surface area contributed by atoms with Crippen LogP contribution in [0.1, 0.15) is 40.3 Å². The zero-order valence-corrected chi connectivity index (χ0v) is 22.2. The molecule has 202 valence electrons. The Labute approximate surface area is 229 Å². The van der Waals surface area contributed by atoms with Crippen LogP contribution in [0.3, 0.4) is 0 Å². The zero-order chi connectivity index (χ0) is 27.0. The summed E-state index contributed by atoms with van der Waals surface area (Å²) in [6.45, 7) is 2.86. The minimum Gasteiger partial charge on any atom is -0.491 e. The lowest BCUT2D eigenvalue weighted by Gasteiger charge is -2.30. The lowest BCUT2D eigenvalue weighted by Crippen LogP contribution is -2.29. The number of carbonyl (C=O) groups excluding carboxylic acids is 1. The Balaban J connectivity index is 1.35. The van der Waals surface area contributed by atoms with Crippen molar-refractivity contribution in [3.05, 3.63) is 107 Å². The van der Waals surface area contributed by atoms with Crippen molar-refractivity contribution in [2.24, 2.45) is 0 Å². The quantitative estimate of drug-likeness (QED) is 0.0992. The Hall–Kier alpha value is -3.91. The topological polar surface area (TPSA) is 86.8 Å². The van der Waals surface area contributed by atoms with Crippen LogP contribution >= 0.6 is 0 Å². The van der Waals surface area contributed by atoms with E-state index in [4.69, 9.17) is 14.7 Å². The van der Waals surface area contributed by atoms with Crippen LogP contribution in [0, 0.1) is 0 Å². The maximum atomic E-state index is 11.4. The summed E-state index contributed by atoms with van der Waals surface area (Å²) < 4.78 is 10.8. The molecule has 7 heteroatoms. The van der Waals surface area contributed by atoms with Gasteiger partial charge in [0, 0.05) is 49.4 Å². The van der Waals surface area contributed by atoms with E-state index in [9.17, 15) is 4.79 Å². The Morgan fingerprint density at radius 3 is 2.79 bits per heavy atom. The van der Waals surface area contributed by atoms with Crippen molar-refractivity contribution in [1.82, 2.24) is 15.4 Å². The smallest absolute Gasteiger partial charge is 0.267 e. The molecular formula is C32H35N3O4. The number of fused-ring (bicyclic) bond motifs is 2. The van der Waals surface area contributed by atoms with Crippen LogP contribution in [0.15, 0.2) is 79.0 Å². The van der Waals surface area contributed by atoms with Crippen LogP contribution in [-0.2, 0) is 28.9 Å². The fourth-order valence-electron chi connectivity index (χ4n) is 5.42. The summed E-state index contributed by atoms with van der Waals surface area (Å²) in [5.74, 6) is 0.315. The number of methoxy groups -OCH3 is 1. The number of amides is 1. The number of para-hydroxylation sites is 1. The van der Waals surface area contributed by atoms with Crippen LogP contribution < -0.4 is 10.2 Å². The number of carbonyl (C=O) groups is 1. The standard InChI is InChI=1S/C32H35N3O4/c1-38-18-19-39-27-11-6-24(7-12-27)22-35(17-16-26-21-33-30-5-3-2-4-28(26)30)31-14-10-25-20-23(8-13-29(25)31)9-15-32(36)34-37/h2-9,11-13,15,20-21,31,33,37H,10,14,16-19,22H2,1H3,(H,34,36)/b15-9+. The molecule has 1 atom stereocenters. The third-order valence-electron chi connectivity index (χ3n) is 7.40. The van der Waals surface area contributed by atoms with Gasteiger partial charge in [0.25, 0.3) is 5.91 Å². The van der Waals surface area contributed by atoms with Gasteiger partial charge in [0.05, 0.1) is 6.61 Å². The van der Waals surface area contributed by atoms with Crippen molar-refractivity contribution in [3.8, 4) is 5.75 Å². The fourth-order valence-corrected chi connectivity index (χ4v) is 5.42. The highest BCUT2D eigenvalue weighted by Gasteiger charge is 2.28. The van der Waals surface area contributed by atoms with Gasteiger partial charge in [-0.1, -0.05) is 48.5 Å². The number of nitrogens with one attached hydrogen (secondary N) is 2. The van der Waals surface area contributed by atoms with Gasteiger partial charge >= 0.3 is 0 Å². The second-order valence-electron chi connectivity index (χ2n) is 9.89. The minimum atomic E-state index is -0.535. The third-order valence-corrected chi connectivity index (χ3v) is 7.40. The Morgan fingerprint density at radius 2 is 1.97 bits per heavy atom. The maximum Gasteiger partial charge on any atom is 0.267 e. The molecule has 0 bridgehead atoms. The summed E-state index contributed by atoms with van der Waals surface area (Å²) in [5, 5.41) is 10.0. The number of H-pyrrole nitrogens is 1. The van der Waals surface area contributed by atoms with Gasteiger partial charge in [0.15, 0.2) is 0 Å². The number of benzene rings is 3. The summed E-state index contributed by atoms with van der Waals surface area (Å²) in [6, 6.07) is 23.5. The molecule has 3 aromatic carbocycles. The number of aromatic nitrogens is 1. The fraction of sp³-hybridized carbons (Fsp3) is 0.281. The molecule has 0 aliphatic heterocycles. The van der Waals surface area contributed by atoms with Crippen LogP contribution in [0.2, 0.25) is 0 Å². The van der Waals surface area contributed by atoms with Crippen molar-refractivity contribution >= 4 is 22.9 Å². The van der Waals surface area contributed by atoms with E-state index >= 15 is 0 Å². The average molecular weight is 526 g/mol. The largest absolute Gasteiger partial charge is 0.491 e. The van der Waals surface area contributed by atoms with E-state index in [0.717, 1.165) is 43.7 Å². The predicted octanol–water partition coefficient (Wildman–Crippen LogP) is 5.44. The van der Waals surface area contributed by atoms with Gasteiger partial charge in [-0.15, -0.1) is 0 Å². The molecule has 0 fully saturated rings. The summed E-state index contributed by atoms with van der Waals surface area (Å²) in [6.07, 6.45) is 8.19. The van der Waals surface area contributed by atoms with Crippen LogP contribution in [0.4, 0.5) is 0 Å². The highest BCUT2D eigenvalue weighted by Crippen LogP contribution is 2.37. The van der Waals surface area contributed by atoms with Crippen molar-refractivity contribution in [2.45, 2.75) is 31.8 Å². The second kappa shape index (κ2) is 12.8. The summed E-state index contributed by atoms with van der Waals surface area (Å²) >= 11 is 0. The molecule has 3 N–H and O–H groups in total. The number of rotatable bonds is 12. The maximum absolute atomic E-state index is 11.4. The van der Waals surface area contributed by atoms with Crippen LogP contribution in [0.25, 0.3) is 17.0 Å². The average Bonchev–Trinajstić information content (AvgIpc) is 3.59. The lowest BCUT2D eigenvalue weighted by molar-refractivity contribution is -0.124. The van der Waals surface area contributed by atoms with Gasteiger partial charge in [-0.3, -0.25) is 14.9 Å². The van der Waals surface area contributed by atoms with Gasteiger partial charge in [0.2, 0.25) is 0 Å². The second-order valence-corrected chi connectivity index (χ2v) is 9.89. The first-order valence-electron chi connectivity index (χ1n) is 13.4. The molecule has 0 spiro atoms. The van der Waals surface area contributed by atoms with Gasteiger partial charge in [-0.2, -0.15) is 0 Å². The molecule has 1 amide bonds. The molecule has 0 radical (unpaired) electrons. The van der Waals surface area contributed by atoms with Crippen LogP contribution in [-0.4, -0.2) is 47.9 Å². The Bertz CT molecular complexity index is 1430. The monoisotopic (exact) mass is 525 g/mol.